The van der Waals surface area contributed by atoms with Crippen LogP contribution in [0, 0.1) is 0 Å². The predicted molar refractivity (Wildman–Crippen MR) is 144 cm³/mol. The van der Waals surface area contributed by atoms with Gasteiger partial charge >= 0.3 is 5.97 Å². The molecular formula is C30H39N3O5. The van der Waals surface area contributed by atoms with Crippen LogP contribution < -0.4 is 5.32 Å². The van der Waals surface area contributed by atoms with Gasteiger partial charge in [0.1, 0.15) is 5.76 Å². The van der Waals surface area contributed by atoms with E-state index in [4.69, 9.17) is 9.15 Å². The summed E-state index contributed by atoms with van der Waals surface area (Å²) in [5.41, 5.74) is 1.92. The van der Waals surface area contributed by atoms with Crippen LogP contribution in [0.3, 0.4) is 0 Å². The zero-order chi connectivity index (χ0) is 27.1. The summed E-state index contributed by atoms with van der Waals surface area (Å²) in [4.78, 5) is 42.8. The first-order valence-electron chi connectivity index (χ1n) is 13.7. The Balaban J connectivity index is 1.40. The summed E-state index contributed by atoms with van der Waals surface area (Å²) >= 11 is 0. The molecular weight excluding hydrogens is 482 g/mol. The lowest BCUT2D eigenvalue weighted by molar-refractivity contribution is -0.140. The fourth-order valence-electron chi connectivity index (χ4n) is 5.45. The lowest BCUT2D eigenvalue weighted by atomic mass is 9.83. The minimum atomic E-state index is -0.421. The predicted octanol–water partition coefficient (Wildman–Crippen LogP) is 4.63. The van der Waals surface area contributed by atoms with Gasteiger partial charge in [-0.05, 0) is 64.3 Å². The van der Waals surface area contributed by atoms with Crippen molar-refractivity contribution < 1.29 is 23.5 Å². The van der Waals surface area contributed by atoms with Crippen molar-refractivity contribution in [2.45, 2.75) is 71.4 Å². The molecule has 1 aromatic heterocycles. The Morgan fingerprint density at radius 2 is 1.92 bits per heavy atom. The van der Waals surface area contributed by atoms with Gasteiger partial charge in [-0.2, -0.15) is 0 Å². The number of rotatable bonds is 10. The van der Waals surface area contributed by atoms with Gasteiger partial charge in [-0.1, -0.05) is 36.8 Å². The second kappa shape index (κ2) is 12.9. The minimum Gasteiger partial charge on any atom is -0.463 e. The maximum atomic E-state index is 13.2. The Morgan fingerprint density at radius 1 is 1.13 bits per heavy atom. The van der Waals surface area contributed by atoms with E-state index < -0.39 is 5.97 Å². The first-order valence-corrected chi connectivity index (χ1v) is 13.7. The molecule has 2 aromatic rings. The molecule has 0 radical (unpaired) electrons. The van der Waals surface area contributed by atoms with Crippen LogP contribution in [0.5, 0.6) is 0 Å². The molecule has 8 nitrogen and oxygen atoms in total. The van der Waals surface area contributed by atoms with E-state index >= 15 is 0 Å². The number of esters is 1. The van der Waals surface area contributed by atoms with E-state index in [-0.39, 0.29) is 43.1 Å². The molecule has 1 N–H and O–H groups in total. The molecule has 0 saturated carbocycles. The highest BCUT2D eigenvalue weighted by Crippen LogP contribution is 2.37. The van der Waals surface area contributed by atoms with Crippen LogP contribution in [0.2, 0.25) is 0 Å². The van der Waals surface area contributed by atoms with Crippen LogP contribution in [0.1, 0.15) is 80.7 Å². The molecule has 0 spiro atoms. The summed E-state index contributed by atoms with van der Waals surface area (Å²) in [5.74, 6) is -0.480. The van der Waals surface area contributed by atoms with Gasteiger partial charge in [-0.3, -0.25) is 9.59 Å². The largest absolute Gasteiger partial charge is 0.463 e. The quantitative estimate of drug-likeness (QED) is 0.362. The number of nitrogens with zero attached hydrogens (tertiary/aromatic N) is 2. The summed E-state index contributed by atoms with van der Waals surface area (Å²) in [6, 6.07) is 13.5. The van der Waals surface area contributed by atoms with Gasteiger partial charge in [0.2, 0.25) is 5.91 Å². The van der Waals surface area contributed by atoms with Gasteiger partial charge in [-0.15, -0.1) is 0 Å². The van der Waals surface area contributed by atoms with E-state index in [2.05, 4.69) is 17.1 Å². The zero-order valence-corrected chi connectivity index (χ0v) is 22.7. The number of likely N-dealkylation sites (tertiary alicyclic amines) is 1. The van der Waals surface area contributed by atoms with Crippen LogP contribution in [-0.2, 0) is 20.9 Å². The molecule has 0 bridgehead atoms. The number of amides is 2. The molecule has 3 heterocycles. The molecule has 2 amide bonds. The molecule has 1 saturated heterocycles. The molecule has 38 heavy (non-hydrogen) atoms. The second-order valence-electron chi connectivity index (χ2n) is 10.1. The molecule has 2 aliphatic rings. The van der Waals surface area contributed by atoms with Gasteiger partial charge in [-0.25, -0.2) is 4.79 Å². The third kappa shape index (κ3) is 6.54. The summed E-state index contributed by atoms with van der Waals surface area (Å²) in [5, 5.41) is 2.94. The summed E-state index contributed by atoms with van der Waals surface area (Å²) in [7, 11) is 0. The van der Waals surface area contributed by atoms with Gasteiger partial charge in [0, 0.05) is 37.2 Å². The van der Waals surface area contributed by atoms with Crippen LogP contribution in [-0.4, -0.2) is 59.9 Å². The molecule has 1 aromatic carbocycles. The van der Waals surface area contributed by atoms with Gasteiger partial charge in [0.05, 0.1) is 18.7 Å². The first kappa shape index (κ1) is 27.6. The van der Waals surface area contributed by atoms with Crippen molar-refractivity contribution >= 4 is 17.8 Å². The SMILES string of the molecule is CCOC(=O)C1=C(C)N(Cc2ccc(C(=O)NCCCN3CCCCC3C)o2)C(=O)CC1c1ccccc1. The van der Waals surface area contributed by atoms with Crippen LogP contribution in [0.25, 0.3) is 0 Å². The van der Waals surface area contributed by atoms with Crippen LogP contribution in [0.4, 0.5) is 0 Å². The van der Waals surface area contributed by atoms with Crippen molar-refractivity contribution in [3.63, 3.8) is 0 Å². The van der Waals surface area contributed by atoms with Crippen molar-refractivity contribution in [3.05, 3.63) is 70.8 Å². The fourth-order valence-corrected chi connectivity index (χ4v) is 5.45. The number of benzene rings is 1. The van der Waals surface area contributed by atoms with E-state index in [0.29, 0.717) is 29.6 Å². The highest BCUT2D eigenvalue weighted by molar-refractivity contribution is 5.96. The molecule has 2 unspecified atom stereocenters. The molecule has 1 fully saturated rings. The summed E-state index contributed by atoms with van der Waals surface area (Å²) in [6.45, 7) is 8.86. The molecule has 204 valence electrons. The van der Waals surface area contributed by atoms with E-state index in [0.717, 1.165) is 25.1 Å². The number of carbonyl (C=O) groups is 3. The number of allylic oxidation sites excluding steroid dienone is 1. The Bertz CT molecular complexity index is 1160. The van der Waals surface area contributed by atoms with E-state index in [1.54, 1.807) is 30.9 Å². The first-order chi connectivity index (χ1) is 18.4. The Morgan fingerprint density at radius 3 is 2.66 bits per heavy atom. The average molecular weight is 522 g/mol. The van der Waals surface area contributed by atoms with Crippen molar-refractivity contribution in [3.8, 4) is 0 Å². The minimum absolute atomic E-state index is 0.112. The maximum absolute atomic E-state index is 13.2. The number of furan rings is 1. The van der Waals surface area contributed by atoms with E-state index in [1.165, 1.54) is 19.3 Å². The molecule has 0 aliphatic carbocycles. The monoisotopic (exact) mass is 521 g/mol. The Hall–Kier alpha value is -3.39. The number of hydrogen-bond acceptors (Lipinski definition) is 6. The van der Waals surface area contributed by atoms with Crippen LogP contribution >= 0.6 is 0 Å². The second-order valence-corrected chi connectivity index (χ2v) is 10.1. The van der Waals surface area contributed by atoms with Gasteiger partial charge in [0.25, 0.3) is 5.91 Å². The standard InChI is InChI=1S/C30H39N3O5/c1-4-37-30(36)28-22(3)33(27(34)19-25(28)23-12-6-5-7-13-23)20-24-14-15-26(38-24)29(35)31-16-10-18-32-17-9-8-11-21(32)2/h5-7,12-15,21,25H,4,8-11,16-20H2,1-3H3,(H,31,35). The number of carbonyl (C=O) groups excluding carboxylic acids is 3. The number of ether oxygens (including phenoxy) is 1. The molecule has 4 rings (SSSR count). The fraction of sp³-hybridized carbons (Fsp3) is 0.500. The lowest BCUT2D eigenvalue weighted by Crippen LogP contribution is -2.39. The van der Waals surface area contributed by atoms with Gasteiger partial charge in [0.15, 0.2) is 5.76 Å². The summed E-state index contributed by atoms with van der Waals surface area (Å²) in [6.07, 6.45) is 4.82. The number of piperidine rings is 1. The van der Waals surface area contributed by atoms with Crippen LogP contribution in [0.15, 0.2) is 58.2 Å². The topological polar surface area (TPSA) is 92.1 Å². The smallest absolute Gasteiger partial charge is 0.336 e. The molecule has 2 atom stereocenters. The van der Waals surface area contributed by atoms with E-state index in [1.807, 2.05) is 30.3 Å². The highest BCUT2D eigenvalue weighted by Gasteiger charge is 2.37. The molecule has 2 aliphatic heterocycles. The van der Waals surface area contributed by atoms with E-state index in [9.17, 15) is 14.4 Å². The highest BCUT2D eigenvalue weighted by atomic mass is 16.5. The maximum Gasteiger partial charge on any atom is 0.336 e. The summed E-state index contributed by atoms with van der Waals surface area (Å²) < 4.78 is 11.2. The Kier molecular flexibility index (Phi) is 9.39. The average Bonchev–Trinajstić information content (AvgIpc) is 3.39. The van der Waals surface area contributed by atoms with Crippen molar-refractivity contribution in [1.82, 2.24) is 15.1 Å². The number of nitrogens with one attached hydrogen (secondary N) is 1. The molecule has 8 heteroatoms. The van der Waals surface area contributed by atoms with Crippen molar-refractivity contribution in [1.29, 1.82) is 0 Å². The number of hydrogen-bond donors (Lipinski definition) is 1. The zero-order valence-electron chi connectivity index (χ0n) is 22.7. The third-order valence-electron chi connectivity index (χ3n) is 7.57. The van der Waals surface area contributed by atoms with Crippen molar-refractivity contribution in [2.24, 2.45) is 0 Å². The van der Waals surface area contributed by atoms with Crippen molar-refractivity contribution in [2.75, 3.05) is 26.2 Å². The normalized spacial score (nSPS) is 20.5. The Labute approximate surface area is 225 Å². The third-order valence-corrected chi connectivity index (χ3v) is 7.57. The lowest BCUT2D eigenvalue weighted by Gasteiger charge is -2.34. The van der Waals surface area contributed by atoms with Gasteiger partial charge < -0.3 is 24.3 Å².